The zero-order valence-electron chi connectivity index (χ0n) is 15.6. The van der Waals surface area contributed by atoms with E-state index in [2.05, 4.69) is 0 Å². The fourth-order valence-electron chi connectivity index (χ4n) is 2.20. The standard InChI is InChI=1S/C20H21ClO6S/c1-3-4-13-26-20(22)12-10-15-9-11-17(18(14-15)25-2)27-28(23,24)19-8-6-5-7-16(19)21/h5-12,14H,3-4,13H2,1-2H3. The van der Waals surface area contributed by atoms with Crippen LogP contribution < -0.4 is 8.92 Å². The van der Waals surface area contributed by atoms with Gasteiger partial charge < -0.3 is 13.7 Å². The quantitative estimate of drug-likeness (QED) is 0.256. The van der Waals surface area contributed by atoms with Crippen LogP contribution in [0.15, 0.2) is 53.4 Å². The first-order chi connectivity index (χ1) is 13.4. The van der Waals surface area contributed by atoms with E-state index in [9.17, 15) is 13.2 Å². The molecule has 2 aromatic carbocycles. The highest BCUT2D eigenvalue weighted by molar-refractivity contribution is 7.87. The van der Waals surface area contributed by atoms with E-state index in [0.29, 0.717) is 12.2 Å². The molecule has 0 aliphatic heterocycles. The molecular formula is C20H21ClO6S. The van der Waals surface area contributed by atoms with Crippen molar-refractivity contribution in [1.29, 1.82) is 0 Å². The van der Waals surface area contributed by atoms with Crippen molar-refractivity contribution in [2.24, 2.45) is 0 Å². The van der Waals surface area contributed by atoms with Crippen molar-refractivity contribution in [2.45, 2.75) is 24.7 Å². The monoisotopic (exact) mass is 424 g/mol. The van der Waals surface area contributed by atoms with Gasteiger partial charge in [0.05, 0.1) is 18.7 Å². The zero-order valence-corrected chi connectivity index (χ0v) is 17.1. The van der Waals surface area contributed by atoms with Gasteiger partial charge in [-0.15, -0.1) is 0 Å². The number of rotatable bonds is 9. The predicted octanol–water partition coefficient (Wildman–Crippen LogP) is 4.47. The molecule has 0 unspecified atom stereocenters. The molecule has 2 rings (SSSR count). The Balaban J connectivity index is 2.17. The van der Waals surface area contributed by atoms with Crippen molar-refractivity contribution in [1.82, 2.24) is 0 Å². The largest absolute Gasteiger partial charge is 0.493 e. The van der Waals surface area contributed by atoms with Crippen LogP contribution in [-0.4, -0.2) is 28.1 Å². The molecule has 0 N–H and O–H groups in total. The Morgan fingerprint density at radius 2 is 1.89 bits per heavy atom. The number of methoxy groups -OCH3 is 1. The molecule has 0 heterocycles. The smallest absolute Gasteiger partial charge is 0.340 e. The summed E-state index contributed by atoms with van der Waals surface area (Å²) < 4.78 is 40.4. The highest BCUT2D eigenvalue weighted by Crippen LogP contribution is 2.32. The van der Waals surface area contributed by atoms with E-state index in [1.807, 2.05) is 6.92 Å². The van der Waals surface area contributed by atoms with Crippen LogP contribution in [0.5, 0.6) is 11.5 Å². The average Bonchev–Trinajstić information content (AvgIpc) is 2.67. The Morgan fingerprint density at radius 1 is 1.14 bits per heavy atom. The molecule has 150 valence electrons. The van der Waals surface area contributed by atoms with E-state index >= 15 is 0 Å². The summed E-state index contributed by atoms with van der Waals surface area (Å²) in [4.78, 5) is 11.5. The lowest BCUT2D eigenvalue weighted by atomic mass is 10.2. The van der Waals surface area contributed by atoms with Crippen molar-refractivity contribution in [3.63, 3.8) is 0 Å². The van der Waals surface area contributed by atoms with Crippen molar-refractivity contribution >= 4 is 33.8 Å². The maximum absolute atomic E-state index is 12.5. The van der Waals surface area contributed by atoms with Crippen LogP contribution in [0, 0.1) is 0 Å². The van der Waals surface area contributed by atoms with Gasteiger partial charge in [0, 0.05) is 6.08 Å². The SMILES string of the molecule is CCCCOC(=O)C=Cc1ccc(OS(=O)(=O)c2ccccc2Cl)c(OC)c1. The van der Waals surface area contributed by atoms with Gasteiger partial charge in [-0.05, 0) is 42.3 Å². The van der Waals surface area contributed by atoms with E-state index in [4.69, 9.17) is 25.3 Å². The van der Waals surface area contributed by atoms with Crippen LogP contribution in [0.25, 0.3) is 6.08 Å². The number of esters is 1. The third kappa shape index (κ3) is 6.00. The van der Waals surface area contributed by atoms with Gasteiger partial charge in [0.15, 0.2) is 11.5 Å². The second kappa shape index (κ2) is 10.1. The normalized spacial score (nSPS) is 11.4. The number of unbranched alkanes of at least 4 members (excludes halogenated alkanes) is 1. The first-order valence-electron chi connectivity index (χ1n) is 8.59. The minimum absolute atomic E-state index is 0.00471. The summed E-state index contributed by atoms with van der Waals surface area (Å²) in [6, 6.07) is 10.6. The molecule has 0 aliphatic rings. The Hall–Kier alpha value is -2.51. The van der Waals surface area contributed by atoms with Gasteiger partial charge in [-0.25, -0.2) is 4.79 Å². The molecule has 0 amide bonds. The summed E-state index contributed by atoms with van der Waals surface area (Å²) in [7, 11) is -2.75. The van der Waals surface area contributed by atoms with Gasteiger partial charge in [-0.1, -0.05) is 43.1 Å². The molecule has 0 saturated carbocycles. The predicted molar refractivity (Wildman–Crippen MR) is 107 cm³/mol. The minimum Gasteiger partial charge on any atom is -0.493 e. The summed E-state index contributed by atoms with van der Waals surface area (Å²) in [5, 5.41) is 0.0580. The molecule has 0 atom stereocenters. The number of carbonyl (C=O) groups is 1. The molecule has 0 fully saturated rings. The van der Waals surface area contributed by atoms with Crippen LogP contribution >= 0.6 is 11.6 Å². The van der Waals surface area contributed by atoms with Crippen molar-refractivity contribution in [3.05, 3.63) is 59.1 Å². The molecule has 8 heteroatoms. The van der Waals surface area contributed by atoms with Crippen LogP contribution in [0.2, 0.25) is 5.02 Å². The fourth-order valence-corrected chi connectivity index (χ4v) is 3.63. The highest BCUT2D eigenvalue weighted by Gasteiger charge is 2.21. The van der Waals surface area contributed by atoms with Crippen LogP contribution in [0.3, 0.4) is 0 Å². The topological polar surface area (TPSA) is 78.9 Å². The zero-order chi connectivity index (χ0) is 20.6. The molecule has 6 nitrogen and oxygen atoms in total. The molecule has 0 saturated heterocycles. The number of halogens is 1. The summed E-state index contributed by atoms with van der Waals surface area (Å²) in [6.07, 6.45) is 4.58. The molecular weight excluding hydrogens is 404 g/mol. The van der Waals surface area contributed by atoms with Gasteiger partial charge >= 0.3 is 16.1 Å². The van der Waals surface area contributed by atoms with Crippen LogP contribution in [0.1, 0.15) is 25.3 Å². The first-order valence-corrected chi connectivity index (χ1v) is 10.4. The molecule has 28 heavy (non-hydrogen) atoms. The Kier molecular flexibility index (Phi) is 7.90. The molecule has 0 bridgehead atoms. The Morgan fingerprint density at radius 3 is 2.57 bits per heavy atom. The molecule has 0 aromatic heterocycles. The number of hydrogen-bond donors (Lipinski definition) is 0. The highest BCUT2D eigenvalue weighted by atomic mass is 35.5. The van der Waals surface area contributed by atoms with Crippen molar-refractivity contribution in [2.75, 3.05) is 13.7 Å². The molecule has 0 spiro atoms. The van der Waals surface area contributed by atoms with Crippen molar-refractivity contribution < 1.29 is 26.9 Å². The Labute approximate surface area is 169 Å². The summed E-state index contributed by atoms with van der Waals surface area (Å²) in [6.45, 7) is 2.38. The van der Waals surface area contributed by atoms with Crippen LogP contribution in [0.4, 0.5) is 0 Å². The minimum atomic E-state index is -4.13. The maximum atomic E-state index is 12.5. The second-order valence-corrected chi connectivity index (χ2v) is 7.65. The van der Waals surface area contributed by atoms with Crippen LogP contribution in [-0.2, 0) is 19.6 Å². The first kappa shape index (κ1) is 21.8. The van der Waals surface area contributed by atoms with E-state index in [1.54, 1.807) is 30.3 Å². The Bertz CT molecular complexity index is 953. The molecule has 2 aromatic rings. The maximum Gasteiger partial charge on any atom is 0.340 e. The van der Waals surface area contributed by atoms with E-state index in [1.165, 1.54) is 31.4 Å². The summed E-state index contributed by atoms with van der Waals surface area (Å²) in [5.41, 5.74) is 0.617. The number of ether oxygens (including phenoxy) is 2. The fraction of sp³-hybridized carbons (Fsp3) is 0.250. The van der Waals surface area contributed by atoms with E-state index in [0.717, 1.165) is 12.8 Å². The lowest BCUT2D eigenvalue weighted by Crippen LogP contribution is -2.11. The molecule has 0 aliphatic carbocycles. The van der Waals surface area contributed by atoms with Gasteiger partial charge in [0.2, 0.25) is 0 Å². The number of carbonyl (C=O) groups excluding carboxylic acids is 1. The van der Waals surface area contributed by atoms with Gasteiger partial charge in [0.1, 0.15) is 4.90 Å². The van der Waals surface area contributed by atoms with Crippen molar-refractivity contribution in [3.8, 4) is 11.5 Å². The van der Waals surface area contributed by atoms with E-state index in [-0.39, 0.29) is 21.4 Å². The summed E-state index contributed by atoms with van der Waals surface area (Å²) in [5.74, 6) is -0.253. The lowest BCUT2D eigenvalue weighted by Gasteiger charge is -2.12. The van der Waals surface area contributed by atoms with Gasteiger partial charge in [0.25, 0.3) is 0 Å². The molecule has 0 radical (unpaired) electrons. The third-order valence-corrected chi connectivity index (χ3v) is 5.38. The van der Waals surface area contributed by atoms with Gasteiger partial charge in [-0.2, -0.15) is 8.42 Å². The second-order valence-electron chi connectivity index (χ2n) is 5.73. The lowest BCUT2D eigenvalue weighted by molar-refractivity contribution is -0.137. The summed E-state index contributed by atoms with van der Waals surface area (Å²) >= 11 is 5.95. The third-order valence-electron chi connectivity index (χ3n) is 3.65. The van der Waals surface area contributed by atoms with Gasteiger partial charge in [-0.3, -0.25) is 0 Å². The van der Waals surface area contributed by atoms with E-state index < -0.39 is 16.1 Å². The average molecular weight is 425 g/mol. The number of hydrogen-bond acceptors (Lipinski definition) is 6. The number of benzene rings is 2.